The summed E-state index contributed by atoms with van der Waals surface area (Å²) < 4.78 is 11.2. The number of nitrogens with one attached hydrogen (secondary N) is 1. The monoisotopic (exact) mass is 271 g/mol. The van der Waals surface area contributed by atoms with Gasteiger partial charge in [-0.15, -0.1) is 12.4 Å². The van der Waals surface area contributed by atoms with Crippen LogP contribution in [0.25, 0.3) is 0 Å². The Kier molecular flexibility index (Phi) is 4.99. The maximum Gasteiger partial charge on any atom is 0.163 e. The van der Waals surface area contributed by atoms with Crippen molar-refractivity contribution in [2.75, 3.05) is 13.7 Å². The molecule has 0 unspecified atom stereocenters. The highest BCUT2D eigenvalue weighted by molar-refractivity contribution is 5.85. The third-order valence-corrected chi connectivity index (χ3v) is 2.99. The molecule has 0 aromatic heterocycles. The van der Waals surface area contributed by atoms with E-state index in [-0.39, 0.29) is 18.1 Å². The van der Waals surface area contributed by atoms with Crippen LogP contribution in [0.1, 0.15) is 30.1 Å². The second-order valence-corrected chi connectivity index (χ2v) is 4.39. The summed E-state index contributed by atoms with van der Waals surface area (Å²) in [6.07, 6.45) is 2.86. The predicted octanol–water partition coefficient (Wildman–Crippen LogP) is 2.41. The van der Waals surface area contributed by atoms with Crippen LogP contribution in [-0.2, 0) is 0 Å². The zero-order valence-corrected chi connectivity index (χ0v) is 11.4. The van der Waals surface area contributed by atoms with E-state index in [0.717, 1.165) is 25.7 Å². The molecule has 4 nitrogen and oxygen atoms in total. The highest BCUT2D eigenvalue weighted by Gasteiger charge is 2.30. The van der Waals surface area contributed by atoms with Crippen molar-refractivity contribution in [3.8, 4) is 11.5 Å². The third kappa shape index (κ3) is 3.15. The summed E-state index contributed by atoms with van der Waals surface area (Å²) in [6, 6.07) is 5.18. The molecular formula is C13H18ClNO3. The van der Waals surface area contributed by atoms with Crippen LogP contribution in [0.2, 0.25) is 0 Å². The van der Waals surface area contributed by atoms with Crippen LogP contribution >= 0.6 is 12.4 Å². The summed E-state index contributed by atoms with van der Waals surface area (Å²) in [5.41, 5.74) is 0.245. The number of halogens is 1. The zero-order valence-electron chi connectivity index (χ0n) is 10.6. The topological polar surface area (TPSA) is 47.6 Å². The fourth-order valence-corrected chi connectivity index (χ4v) is 2.04. The Hall–Kier alpha value is -1.26. The van der Waals surface area contributed by atoms with Gasteiger partial charge in [0, 0.05) is 12.0 Å². The first kappa shape index (κ1) is 14.8. The van der Waals surface area contributed by atoms with Crippen molar-refractivity contribution in [3.63, 3.8) is 0 Å². The van der Waals surface area contributed by atoms with E-state index in [2.05, 4.69) is 5.32 Å². The van der Waals surface area contributed by atoms with Gasteiger partial charge >= 0.3 is 0 Å². The molecule has 0 saturated carbocycles. The molecule has 1 saturated heterocycles. The maximum atomic E-state index is 10.7. The minimum absolute atomic E-state index is 0. The van der Waals surface area contributed by atoms with Gasteiger partial charge in [-0.3, -0.25) is 10.1 Å². The van der Waals surface area contributed by atoms with Crippen LogP contribution in [0.4, 0.5) is 0 Å². The van der Waals surface area contributed by atoms with E-state index in [4.69, 9.17) is 9.47 Å². The summed E-state index contributed by atoms with van der Waals surface area (Å²) in [4.78, 5) is 10.7. The normalized spacial score (nSPS) is 22.1. The number of hydrogen-bond acceptors (Lipinski definition) is 4. The molecule has 1 aromatic rings. The zero-order chi connectivity index (χ0) is 12.3. The number of hydrogen-bond donors (Lipinski definition) is 1. The van der Waals surface area contributed by atoms with Crippen LogP contribution < -0.4 is 14.8 Å². The summed E-state index contributed by atoms with van der Waals surface area (Å²) >= 11 is 0. The van der Waals surface area contributed by atoms with Gasteiger partial charge in [0.25, 0.3) is 0 Å². The number of carbonyl (C=O) groups is 1. The number of rotatable bonds is 4. The van der Waals surface area contributed by atoms with E-state index in [0.29, 0.717) is 17.1 Å². The van der Waals surface area contributed by atoms with Gasteiger partial charge in [0.1, 0.15) is 6.29 Å². The van der Waals surface area contributed by atoms with E-state index >= 15 is 0 Å². The lowest BCUT2D eigenvalue weighted by atomic mass is 10.2. The molecule has 0 aliphatic carbocycles. The molecule has 1 N–H and O–H groups in total. The van der Waals surface area contributed by atoms with E-state index in [1.54, 1.807) is 25.3 Å². The molecule has 18 heavy (non-hydrogen) atoms. The first-order valence-corrected chi connectivity index (χ1v) is 5.74. The average Bonchev–Trinajstić information content (AvgIpc) is 2.76. The minimum atomic E-state index is -0.337. The SMILES string of the molecule is COc1cc(C=O)ccc1O[C@]1(C)CCCN1.Cl. The van der Waals surface area contributed by atoms with Crippen LogP contribution in [0, 0.1) is 0 Å². The standard InChI is InChI=1S/C13H17NO3.ClH/c1-13(6-3-7-14-13)17-11-5-4-10(9-15)8-12(11)16-2;/h4-5,8-9,14H,3,6-7H2,1-2H3;1H/t13-;/m1./s1. The van der Waals surface area contributed by atoms with Crippen LogP contribution in [0.3, 0.4) is 0 Å². The molecular weight excluding hydrogens is 254 g/mol. The number of methoxy groups -OCH3 is 1. The Morgan fingerprint density at radius 2 is 2.17 bits per heavy atom. The van der Waals surface area contributed by atoms with Gasteiger partial charge in [-0.1, -0.05) is 0 Å². The van der Waals surface area contributed by atoms with Gasteiger partial charge in [0.05, 0.1) is 7.11 Å². The van der Waals surface area contributed by atoms with Crippen molar-refractivity contribution in [3.05, 3.63) is 23.8 Å². The van der Waals surface area contributed by atoms with E-state index in [1.165, 1.54) is 0 Å². The van der Waals surface area contributed by atoms with Gasteiger partial charge in [-0.2, -0.15) is 0 Å². The lowest BCUT2D eigenvalue weighted by Crippen LogP contribution is -2.42. The molecule has 5 heteroatoms. The Morgan fingerprint density at radius 1 is 1.39 bits per heavy atom. The third-order valence-electron chi connectivity index (χ3n) is 2.99. The van der Waals surface area contributed by atoms with Gasteiger partial charge in [-0.05, 0) is 38.1 Å². The maximum absolute atomic E-state index is 10.7. The van der Waals surface area contributed by atoms with E-state index < -0.39 is 0 Å². The summed E-state index contributed by atoms with van der Waals surface area (Å²) in [7, 11) is 1.57. The molecule has 2 rings (SSSR count). The highest BCUT2D eigenvalue weighted by Crippen LogP contribution is 2.32. The Bertz CT molecular complexity index is 417. The average molecular weight is 272 g/mol. The minimum Gasteiger partial charge on any atom is -0.493 e. The van der Waals surface area contributed by atoms with Crippen molar-refractivity contribution in [1.29, 1.82) is 0 Å². The number of ether oxygens (including phenoxy) is 2. The van der Waals surface area contributed by atoms with Crippen molar-refractivity contribution >= 4 is 18.7 Å². The summed E-state index contributed by atoms with van der Waals surface area (Å²) in [5, 5.41) is 3.31. The van der Waals surface area contributed by atoms with Crippen molar-refractivity contribution in [1.82, 2.24) is 5.32 Å². The first-order valence-electron chi connectivity index (χ1n) is 5.74. The van der Waals surface area contributed by atoms with Crippen LogP contribution in [-0.4, -0.2) is 25.7 Å². The van der Waals surface area contributed by atoms with Crippen LogP contribution in [0.15, 0.2) is 18.2 Å². The van der Waals surface area contributed by atoms with Crippen molar-refractivity contribution in [2.45, 2.75) is 25.5 Å². The van der Waals surface area contributed by atoms with Gasteiger partial charge < -0.3 is 9.47 Å². The fourth-order valence-electron chi connectivity index (χ4n) is 2.04. The molecule has 1 aliphatic heterocycles. The van der Waals surface area contributed by atoms with Crippen molar-refractivity contribution in [2.24, 2.45) is 0 Å². The predicted molar refractivity (Wildman–Crippen MR) is 71.9 cm³/mol. The van der Waals surface area contributed by atoms with E-state index in [1.807, 2.05) is 6.92 Å². The lowest BCUT2D eigenvalue weighted by Gasteiger charge is -2.27. The number of benzene rings is 1. The molecule has 1 fully saturated rings. The van der Waals surface area contributed by atoms with Crippen molar-refractivity contribution < 1.29 is 14.3 Å². The Balaban J connectivity index is 0.00000162. The number of aldehydes is 1. The first-order chi connectivity index (χ1) is 8.17. The molecule has 100 valence electrons. The fraction of sp³-hybridized carbons (Fsp3) is 0.462. The molecule has 0 amide bonds. The summed E-state index contributed by atoms with van der Waals surface area (Å²) in [6.45, 7) is 2.98. The summed E-state index contributed by atoms with van der Waals surface area (Å²) in [5.74, 6) is 1.25. The molecule has 1 atom stereocenters. The van der Waals surface area contributed by atoms with Gasteiger partial charge in [0.2, 0.25) is 0 Å². The van der Waals surface area contributed by atoms with Gasteiger partial charge in [-0.25, -0.2) is 0 Å². The highest BCUT2D eigenvalue weighted by atomic mass is 35.5. The van der Waals surface area contributed by atoms with E-state index in [9.17, 15) is 4.79 Å². The largest absolute Gasteiger partial charge is 0.493 e. The molecule has 0 bridgehead atoms. The lowest BCUT2D eigenvalue weighted by molar-refractivity contribution is 0.0698. The van der Waals surface area contributed by atoms with Crippen LogP contribution in [0.5, 0.6) is 11.5 Å². The Labute approximate surface area is 113 Å². The van der Waals surface area contributed by atoms with Gasteiger partial charge in [0.15, 0.2) is 17.2 Å². The molecule has 0 spiro atoms. The molecule has 1 aromatic carbocycles. The quantitative estimate of drug-likeness (QED) is 0.855. The molecule has 1 heterocycles. The Morgan fingerprint density at radius 3 is 2.72 bits per heavy atom. The second-order valence-electron chi connectivity index (χ2n) is 4.39. The molecule has 0 radical (unpaired) electrons. The second kappa shape index (κ2) is 6.07. The molecule has 1 aliphatic rings. The smallest absolute Gasteiger partial charge is 0.163 e. The number of carbonyl (C=O) groups excluding carboxylic acids is 1.